The van der Waals surface area contributed by atoms with Crippen molar-refractivity contribution in [1.29, 1.82) is 0 Å². The van der Waals surface area contributed by atoms with E-state index in [-0.39, 0.29) is 17.7 Å². The molecule has 2 amide bonds. The number of carbonyl (C=O) groups is 2. The van der Waals surface area contributed by atoms with Gasteiger partial charge in [0.05, 0.1) is 0 Å². The minimum Gasteiger partial charge on any atom is -0.342 e. The van der Waals surface area contributed by atoms with Crippen LogP contribution in [0, 0.1) is 19.8 Å². The van der Waals surface area contributed by atoms with Gasteiger partial charge in [0.1, 0.15) is 11.6 Å². The van der Waals surface area contributed by atoms with Crippen LogP contribution in [0.1, 0.15) is 72.7 Å². The highest BCUT2D eigenvalue weighted by molar-refractivity contribution is 5.95. The van der Waals surface area contributed by atoms with Gasteiger partial charge in [0.2, 0.25) is 11.8 Å². The number of likely N-dealkylation sites (tertiary alicyclic amines) is 1. The average Bonchev–Trinajstić information content (AvgIpc) is 2.77. The molecule has 0 unspecified atom stereocenters. The van der Waals surface area contributed by atoms with Crippen LogP contribution < -0.4 is 4.90 Å². The van der Waals surface area contributed by atoms with Crippen LogP contribution in [0.15, 0.2) is 24.3 Å². The maximum atomic E-state index is 12.9. The number of benzene rings is 1. The summed E-state index contributed by atoms with van der Waals surface area (Å²) in [4.78, 5) is 39.5. The van der Waals surface area contributed by atoms with Crippen LogP contribution in [0.25, 0.3) is 0 Å². The van der Waals surface area contributed by atoms with Crippen LogP contribution in [0.2, 0.25) is 0 Å². The topological polar surface area (TPSA) is 66.4 Å². The molecule has 3 aliphatic rings. The van der Waals surface area contributed by atoms with Gasteiger partial charge in [-0.05, 0) is 57.9 Å². The first-order chi connectivity index (χ1) is 16.0. The molecule has 1 aromatic carbocycles. The van der Waals surface area contributed by atoms with Crippen LogP contribution >= 0.6 is 0 Å². The van der Waals surface area contributed by atoms with Crippen LogP contribution in [-0.2, 0) is 22.4 Å². The van der Waals surface area contributed by atoms with E-state index in [0.29, 0.717) is 31.8 Å². The third-order valence-electron chi connectivity index (χ3n) is 7.61. The molecule has 1 atom stereocenters. The number of piperidine rings is 1. The van der Waals surface area contributed by atoms with Crippen molar-refractivity contribution >= 4 is 17.6 Å². The second-order valence-corrected chi connectivity index (χ2v) is 10.0. The van der Waals surface area contributed by atoms with Crippen molar-refractivity contribution in [1.82, 2.24) is 14.9 Å². The number of amides is 2. The molecule has 0 spiro atoms. The fourth-order valence-electron chi connectivity index (χ4n) is 5.43. The Hall–Kier alpha value is -2.76. The number of nitrogens with zero attached hydrogens (tertiary/aromatic N) is 4. The molecule has 1 saturated heterocycles. The molecule has 0 radical (unpaired) electrons. The number of aromatic nitrogens is 2. The number of hydrogen-bond acceptors (Lipinski definition) is 4. The van der Waals surface area contributed by atoms with Crippen molar-refractivity contribution in [3.05, 3.63) is 52.5 Å². The molecule has 0 N–H and O–H groups in total. The van der Waals surface area contributed by atoms with E-state index in [4.69, 9.17) is 9.97 Å². The quantitative estimate of drug-likeness (QED) is 0.693. The largest absolute Gasteiger partial charge is 0.342 e. The zero-order valence-corrected chi connectivity index (χ0v) is 19.8. The minimum absolute atomic E-state index is 0.141. The van der Waals surface area contributed by atoms with Gasteiger partial charge in [0.25, 0.3) is 0 Å². The van der Waals surface area contributed by atoms with Gasteiger partial charge >= 0.3 is 0 Å². The molecule has 2 aromatic rings. The first-order valence-electron chi connectivity index (χ1n) is 12.5. The first kappa shape index (κ1) is 22.1. The SMILES string of the molecule is Cc1cccc(CCN2C(=O)CCc3c(C)nc([C@@H]4CCCN(C(=O)C5CCC5)C4)nc32)c1. The Morgan fingerprint density at radius 2 is 1.94 bits per heavy atom. The molecule has 1 aromatic heterocycles. The molecule has 6 heteroatoms. The zero-order valence-electron chi connectivity index (χ0n) is 19.8. The van der Waals surface area contributed by atoms with E-state index in [1.165, 1.54) is 17.5 Å². The number of fused-ring (bicyclic) bond motifs is 1. The normalized spacial score (nSPS) is 21.0. The molecule has 1 saturated carbocycles. The summed E-state index contributed by atoms with van der Waals surface area (Å²) in [6, 6.07) is 8.47. The highest BCUT2D eigenvalue weighted by atomic mass is 16.2. The summed E-state index contributed by atoms with van der Waals surface area (Å²) in [7, 11) is 0. The Morgan fingerprint density at radius 1 is 1.09 bits per heavy atom. The van der Waals surface area contributed by atoms with E-state index in [9.17, 15) is 9.59 Å². The molecule has 33 heavy (non-hydrogen) atoms. The highest BCUT2D eigenvalue weighted by Gasteiger charge is 2.35. The van der Waals surface area contributed by atoms with Crippen LogP contribution in [0.5, 0.6) is 0 Å². The fourth-order valence-corrected chi connectivity index (χ4v) is 5.43. The second kappa shape index (κ2) is 9.24. The Bertz CT molecular complexity index is 1060. The lowest BCUT2D eigenvalue weighted by Gasteiger charge is -2.37. The smallest absolute Gasteiger partial charge is 0.228 e. The summed E-state index contributed by atoms with van der Waals surface area (Å²) in [6.07, 6.45) is 7.24. The Kier molecular flexibility index (Phi) is 6.17. The molecule has 3 heterocycles. The zero-order chi connectivity index (χ0) is 22.9. The van der Waals surface area contributed by atoms with Gasteiger partial charge < -0.3 is 4.90 Å². The molecule has 174 valence electrons. The highest BCUT2D eigenvalue weighted by Crippen LogP contribution is 2.34. The summed E-state index contributed by atoms with van der Waals surface area (Å²) in [5.41, 5.74) is 4.54. The number of carbonyl (C=O) groups excluding carboxylic acids is 2. The van der Waals surface area contributed by atoms with Crippen LogP contribution in [0.4, 0.5) is 5.82 Å². The maximum Gasteiger partial charge on any atom is 0.228 e. The summed E-state index contributed by atoms with van der Waals surface area (Å²) >= 11 is 0. The average molecular weight is 447 g/mol. The Labute approximate surface area is 196 Å². The molecule has 6 nitrogen and oxygen atoms in total. The lowest BCUT2D eigenvalue weighted by molar-refractivity contribution is -0.139. The monoisotopic (exact) mass is 446 g/mol. The second-order valence-electron chi connectivity index (χ2n) is 10.0. The third kappa shape index (κ3) is 4.53. The first-order valence-corrected chi connectivity index (χ1v) is 12.5. The van der Waals surface area contributed by atoms with Gasteiger partial charge in [-0.15, -0.1) is 0 Å². The van der Waals surface area contributed by atoms with E-state index in [1.54, 1.807) is 0 Å². The molecule has 2 fully saturated rings. The summed E-state index contributed by atoms with van der Waals surface area (Å²) in [5, 5.41) is 0. The molecular weight excluding hydrogens is 412 g/mol. The van der Waals surface area contributed by atoms with Gasteiger partial charge in [-0.3, -0.25) is 14.5 Å². The van der Waals surface area contributed by atoms with Crippen LogP contribution in [0.3, 0.4) is 0 Å². The van der Waals surface area contributed by atoms with Gasteiger partial charge in [-0.25, -0.2) is 9.97 Å². The van der Waals surface area contributed by atoms with E-state index in [0.717, 1.165) is 61.5 Å². The number of hydrogen-bond donors (Lipinski definition) is 0. The van der Waals surface area contributed by atoms with Gasteiger partial charge in [0.15, 0.2) is 0 Å². The van der Waals surface area contributed by atoms with E-state index >= 15 is 0 Å². The Morgan fingerprint density at radius 3 is 2.70 bits per heavy atom. The van der Waals surface area contributed by atoms with Crippen LogP contribution in [-0.4, -0.2) is 46.3 Å². The number of anilines is 1. The lowest BCUT2D eigenvalue weighted by atomic mass is 9.83. The lowest BCUT2D eigenvalue weighted by Crippen LogP contribution is -2.44. The number of aryl methyl sites for hydroxylation is 2. The Balaban J connectivity index is 1.37. The molecule has 5 rings (SSSR count). The number of rotatable bonds is 5. The van der Waals surface area contributed by atoms with Gasteiger partial charge in [0, 0.05) is 49.1 Å². The summed E-state index contributed by atoms with van der Waals surface area (Å²) in [5.74, 6) is 2.42. The van der Waals surface area contributed by atoms with Crippen molar-refractivity contribution in [2.45, 2.75) is 71.1 Å². The molecule has 0 bridgehead atoms. The van der Waals surface area contributed by atoms with Crippen molar-refractivity contribution in [3.63, 3.8) is 0 Å². The molecular formula is C27H34N4O2. The fraction of sp³-hybridized carbons (Fsp3) is 0.556. The summed E-state index contributed by atoms with van der Waals surface area (Å²) in [6.45, 7) is 6.30. The van der Waals surface area contributed by atoms with E-state index in [1.807, 2.05) is 16.7 Å². The molecule has 1 aliphatic carbocycles. The maximum absolute atomic E-state index is 12.9. The van der Waals surface area contributed by atoms with Crippen molar-refractivity contribution in [2.24, 2.45) is 5.92 Å². The van der Waals surface area contributed by atoms with Crippen molar-refractivity contribution < 1.29 is 9.59 Å². The van der Waals surface area contributed by atoms with E-state index < -0.39 is 0 Å². The minimum atomic E-state index is 0.141. The summed E-state index contributed by atoms with van der Waals surface area (Å²) < 4.78 is 0. The molecule has 2 aliphatic heterocycles. The predicted molar refractivity (Wildman–Crippen MR) is 128 cm³/mol. The van der Waals surface area contributed by atoms with E-state index in [2.05, 4.69) is 31.2 Å². The van der Waals surface area contributed by atoms with Crippen molar-refractivity contribution in [3.8, 4) is 0 Å². The third-order valence-corrected chi connectivity index (χ3v) is 7.61. The van der Waals surface area contributed by atoms with Crippen molar-refractivity contribution in [2.75, 3.05) is 24.5 Å². The standard InChI is InChI=1S/C27H34N4O2/c1-18-6-3-7-20(16-18)13-15-31-24(32)12-11-23-19(2)28-25(29-26(23)31)22-10-5-14-30(17-22)27(33)21-8-4-9-21/h3,6-7,16,21-22H,4-5,8-15,17H2,1-2H3/t22-/m1/s1. The van der Waals surface area contributed by atoms with Gasteiger partial charge in [-0.2, -0.15) is 0 Å². The predicted octanol–water partition coefficient (Wildman–Crippen LogP) is 4.12. The van der Waals surface area contributed by atoms with Gasteiger partial charge in [-0.1, -0.05) is 36.2 Å².